The topological polar surface area (TPSA) is 69.6 Å². The van der Waals surface area contributed by atoms with Gasteiger partial charge in [0.05, 0.1) is 12.0 Å². The molecule has 24 heavy (non-hydrogen) atoms. The van der Waals surface area contributed by atoms with Crippen molar-refractivity contribution in [2.45, 2.75) is 32.7 Å². The molecular formula is C17H22F2N2O3. The van der Waals surface area contributed by atoms with Gasteiger partial charge in [-0.3, -0.25) is 4.79 Å². The van der Waals surface area contributed by atoms with Crippen LogP contribution in [0.2, 0.25) is 0 Å². The first kappa shape index (κ1) is 18.2. The molecule has 2 amide bonds. The lowest BCUT2D eigenvalue weighted by molar-refractivity contribution is -0.143. The van der Waals surface area contributed by atoms with E-state index in [2.05, 4.69) is 5.32 Å². The number of carbonyl (C=O) groups excluding carboxylic acids is 1. The van der Waals surface area contributed by atoms with Crippen LogP contribution >= 0.6 is 0 Å². The summed E-state index contributed by atoms with van der Waals surface area (Å²) in [6, 6.07) is 2.23. The van der Waals surface area contributed by atoms with E-state index >= 15 is 0 Å². The van der Waals surface area contributed by atoms with E-state index in [1.54, 1.807) is 6.92 Å². The largest absolute Gasteiger partial charge is 0.481 e. The van der Waals surface area contributed by atoms with Crippen molar-refractivity contribution in [1.29, 1.82) is 0 Å². The maximum atomic E-state index is 13.9. The summed E-state index contributed by atoms with van der Waals surface area (Å²) in [7, 11) is 0. The van der Waals surface area contributed by atoms with Gasteiger partial charge in [0, 0.05) is 24.7 Å². The van der Waals surface area contributed by atoms with Crippen LogP contribution in [0.3, 0.4) is 0 Å². The third-order valence-corrected chi connectivity index (χ3v) is 4.34. The molecule has 1 aliphatic heterocycles. The Morgan fingerprint density at radius 2 is 2.08 bits per heavy atom. The van der Waals surface area contributed by atoms with Crippen molar-refractivity contribution in [3.05, 3.63) is 35.4 Å². The molecule has 1 saturated heterocycles. The normalized spacial score (nSPS) is 22.1. The highest BCUT2D eigenvalue weighted by molar-refractivity contribution is 5.77. The van der Waals surface area contributed by atoms with Gasteiger partial charge >= 0.3 is 12.0 Å². The SMILES string of the molecule is CCC(NC(=O)N1CC(C)CC(C(=O)O)C1)c1ccc(F)cc1F. The number of hydrogen-bond donors (Lipinski definition) is 2. The molecule has 2 rings (SSSR count). The molecule has 0 aliphatic carbocycles. The summed E-state index contributed by atoms with van der Waals surface area (Å²) in [5.74, 6) is -2.82. The van der Waals surface area contributed by atoms with Crippen LogP contribution in [0.15, 0.2) is 18.2 Å². The van der Waals surface area contributed by atoms with Crippen molar-refractivity contribution < 1.29 is 23.5 Å². The highest BCUT2D eigenvalue weighted by Gasteiger charge is 2.32. The maximum absolute atomic E-state index is 13.9. The van der Waals surface area contributed by atoms with Crippen LogP contribution in [-0.4, -0.2) is 35.1 Å². The Balaban J connectivity index is 2.09. The van der Waals surface area contributed by atoms with Gasteiger partial charge in [-0.1, -0.05) is 19.9 Å². The number of carboxylic acids is 1. The van der Waals surface area contributed by atoms with Gasteiger partial charge in [0.15, 0.2) is 0 Å². The third kappa shape index (κ3) is 4.21. The van der Waals surface area contributed by atoms with Gasteiger partial charge in [-0.05, 0) is 24.8 Å². The summed E-state index contributed by atoms with van der Waals surface area (Å²) in [5.41, 5.74) is 0.215. The minimum absolute atomic E-state index is 0.0771. The molecule has 0 aromatic heterocycles. The van der Waals surface area contributed by atoms with Crippen molar-refractivity contribution in [2.24, 2.45) is 11.8 Å². The number of carbonyl (C=O) groups is 2. The van der Waals surface area contributed by atoms with Gasteiger partial charge in [0.1, 0.15) is 11.6 Å². The molecule has 0 radical (unpaired) electrons. The van der Waals surface area contributed by atoms with Gasteiger partial charge in [-0.15, -0.1) is 0 Å². The Morgan fingerprint density at radius 3 is 2.67 bits per heavy atom. The molecule has 1 aromatic rings. The van der Waals surface area contributed by atoms with E-state index in [0.29, 0.717) is 19.4 Å². The predicted molar refractivity (Wildman–Crippen MR) is 84.4 cm³/mol. The number of halogens is 2. The molecule has 1 aromatic carbocycles. The molecule has 0 bridgehead atoms. The second-order valence-corrected chi connectivity index (χ2v) is 6.36. The number of urea groups is 1. The van der Waals surface area contributed by atoms with Crippen LogP contribution in [0.4, 0.5) is 13.6 Å². The minimum Gasteiger partial charge on any atom is -0.481 e. The molecule has 3 unspecified atom stereocenters. The molecule has 1 aliphatic rings. The van der Waals surface area contributed by atoms with Gasteiger partial charge in [-0.25, -0.2) is 13.6 Å². The first-order chi connectivity index (χ1) is 11.3. The number of piperidine rings is 1. The smallest absolute Gasteiger partial charge is 0.317 e. The van der Waals surface area contributed by atoms with E-state index in [-0.39, 0.29) is 18.0 Å². The fourth-order valence-corrected chi connectivity index (χ4v) is 3.12. The van der Waals surface area contributed by atoms with E-state index in [9.17, 15) is 23.5 Å². The van der Waals surface area contributed by atoms with Crippen LogP contribution in [0.1, 0.15) is 38.3 Å². The lowest BCUT2D eigenvalue weighted by Crippen LogP contribution is -2.50. The predicted octanol–water partition coefficient (Wildman–Crippen LogP) is 3.17. The fraction of sp³-hybridized carbons (Fsp3) is 0.529. The van der Waals surface area contributed by atoms with Crippen LogP contribution < -0.4 is 5.32 Å². The van der Waals surface area contributed by atoms with Crippen molar-refractivity contribution in [1.82, 2.24) is 10.2 Å². The number of benzene rings is 1. The van der Waals surface area contributed by atoms with E-state index in [1.165, 1.54) is 11.0 Å². The standard InChI is InChI=1S/C17H22F2N2O3/c1-3-15(13-5-4-12(18)7-14(13)19)20-17(24)21-8-10(2)6-11(9-21)16(22)23/h4-5,7,10-11,15H,3,6,8-9H2,1-2H3,(H,20,24)(H,22,23). The zero-order valence-electron chi connectivity index (χ0n) is 13.8. The molecule has 5 nitrogen and oxygen atoms in total. The van der Waals surface area contributed by atoms with Gasteiger partial charge in [0.2, 0.25) is 0 Å². The molecule has 1 fully saturated rings. The average Bonchev–Trinajstić information content (AvgIpc) is 2.52. The molecule has 3 atom stereocenters. The zero-order chi connectivity index (χ0) is 17.9. The van der Waals surface area contributed by atoms with E-state index in [1.807, 2.05) is 6.92 Å². The van der Waals surface area contributed by atoms with Crippen LogP contribution in [0.25, 0.3) is 0 Å². The Morgan fingerprint density at radius 1 is 1.38 bits per heavy atom. The maximum Gasteiger partial charge on any atom is 0.317 e. The average molecular weight is 340 g/mol. The third-order valence-electron chi connectivity index (χ3n) is 4.34. The van der Waals surface area contributed by atoms with E-state index in [4.69, 9.17) is 0 Å². The van der Waals surface area contributed by atoms with Crippen LogP contribution in [0, 0.1) is 23.5 Å². The van der Waals surface area contributed by atoms with Gasteiger partial charge in [-0.2, -0.15) is 0 Å². The summed E-state index contributed by atoms with van der Waals surface area (Å²) >= 11 is 0. The Hall–Kier alpha value is -2.18. The highest BCUT2D eigenvalue weighted by Crippen LogP contribution is 2.24. The number of amides is 2. The van der Waals surface area contributed by atoms with E-state index in [0.717, 1.165) is 12.1 Å². The molecule has 0 saturated carbocycles. The summed E-state index contributed by atoms with van der Waals surface area (Å²) in [4.78, 5) is 25.1. The van der Waals surface area contributed by atoms with Gasteiger partial charge in [0.25, 0.3) is 0 Å². The fourth-order valence-electron chi connectivity index (χ4n) is 3.12. The lowest BCUT2D eigenvalue weighted by atomic mass is 9.91. The van der Waals surface area contributed by atoms with Crippen molar-refractivity contribution >= 4 is 12.0 Å². The Bertz CT molecular complexity index is 624. The highest BCUT2D eigenvalue weighted by atomic mass is 19.1. The van der Waals surface area contributed by atoms with Crippen LogP contribution in [0.5, 0.6) is 0 Å². The minimum atomic E-state index is -0.920. The monoisotopic (exact) mass is 340 g/mol. The zero-order valence-corrected chi connectivity index (χ0v) is 13.8. The molecular weight excluding hydrogens is 318 g/mol. The summed E-state index contributed by atoms with van der Waals surface area (Å²) in [6.07, 6.45) is 0.961. The molecule has 0 spiro atoms. The number of nitrogens with one attached hydrogen (secondary N) is 1. The van der Waals surface area contributed by atoms with E-state index < -0.39 is 35.6 Å². The molecule has 1 heterocycles. The Labute approximate surface area is 139 Å². The number of nitrogens with zero attached hydrogens (tertiary/aromatic N) is 1. The molecule has 7 heteroatoms. The quantitative estimate of drug-likeness (QED) is 0.884. The van der Waals surface area contributed by atoms with Crippen LogP contribution in [-0.2, 0) is 4.79 Å². The number of aliphatic carboxylic acids is 1. The molecule has 2 N–H and O–H groups in total. The van der Waals surface area contributed by atoms with Crippen molar-refractivity contribution in [3.63, 3.8) is 0 Å². The first-order valence-electron chi connectivity index (χ1n) is 8.05. The number of likely N-dealkylation sites (tertiary alicyclic amines) is 1. The van der Waals surface area contributed by atoms with Crippen molar-refractivity contribution in [2.75, 3.05) is 13.1 Å². The van der Waals surface area contributed by atoms with Gasteiger partial charge < -0.3 is 15.3 Å². The summed E-state index contributed by atoms with van der Waals surface area (Å²) in [6.45, 7) is 4.27. The summed E-state index contributed by atoms with van der Waals surface area (Å²) in [5, 5.41) is 11.9. The first-order valence-corrected chi connectivity index (χ1v) is 8.05. The Kier molecular flexibility index (Phi) is 5.75. The lowest BCUT2D eigenvalue weighted by Gasteiger charge is -2.35. The second-order valence-electron chi connectivity index (χ2n) is 6.36. The summed E-state index contributed by atoms with van der Waals surface area (Å²) < 4.78 is 27.0. The number of carboxylic acid groups (broad SMARTS) is 1. The number of rotatable bonds is 4. The molecule has 132 valence electrons. The number of hydrogen-bond acceptors (Lipinski definition) is 2. The second kappa shape index (κ2) is 7.59. The van der Waals surface area contributed by atoms with Crippen molar-refractivity contribution in [3.8, 4) is 0 Å².